The largest absolute Gasteiger partial charge is 0.370 e. The average molecular weight is 275 g/mol. The summed E-state index contributed by atoms with van der Waals surface area (Å²) in [4.78, 5) is 16.6. The van der Waals surface area contributed by atoms with E-state index in [-0.39, 0.29) is 5.91 Å². The highest BCUT2D eigenvalue weighted by Crippen LogP contribution is 2.23. The van der Waals surface area contributed by atoms with E-state index in [9.17, 15) is 4.79 Å². The number of hydrogen-bond acceptors (Lipinski definition) is 3. The lowest BCUT2D eigenvalue weighted by atomic mass is 10.1. The molecule has 1 aromatic rings. The fourth-order valence-corrected chi connectivity index (χ4v) is 2.70. The van der Waals surface area contributed by atoms with Crippen molar-refractivity contribution in [3.05, 3.63) is 23.4 Å². The third kappa shape index (κ3) is 4.22. The van der Waals surface area contributed by atoms with Gasteiger partial charge in [-0.15, -0.1) is 0 Å². The molecular weight excluding hydrogens is 250 g/mol. The summed E-state index contributed by atoms with van der Waals surface area (Å²) in [6, 6.07) is 3.69. The van der Waals surface area contributed by atoms with Crippen molar-refractivity contribution in [1.29, 1.82) is 0 Å². The molecule has 110 valence electrons. The molecule has 0 saturated heterocycles. The van der Waals surface area contributed by atoms with Gasteiger partial charge in [-0.25, -0.2) is 4.98 Å². The fourth-order valence-electron chi connectivity index (χ4n) is 2.70. The average Bonchev–Trinajstić information content (AvgIpc) is 2.95. The monoisotopic (exact) mass is 275 g/mol. The molecule has 1 amide bonds. The van der Waals surface area contributed by atoms with Crippen LogP contribution in [-0.4, -0.2) is 24.0 Å². The highest BCUT2D eigenvalue weighted by molar-refractivity contribution is 5.95. The Bertz CT molecular complexity index is 453. The number of carbonyl (C=O) groups is 1. The zero-order valence-corrected chi connectivity index (χ0v) is 12.5. The lowest BCUT2D eigenvalue weighted by Gasteiger charge is -2.12. The van der Waals surface area contributed by atoms with Gasteiger partial charge in [0.05, 0.1) is 0 Å². The first-order chi connectivity index (χ1) is 9.69. The van der Waals surface area contributed by atoms with Gasteiger partial charge in [0.2, 0.25) is 0 Å². The smallest absolute Gasteiger partial charge is 0.251 e. The maximum Gasteiger partial charge on any atom is 0.251 e. The zero-order valence-electron chi connectivity index (χ0n) is 12.5. The summed E-state index contributed by atoms with van der Waals surface area (Å²) in [6.45, 7) is 5.71. The van der Waals surface area contributed by atoms with Crippen molar-refractivity contribution in [2.24, 2.45) is 5.92 Å². The lowest BCUT2D eigenvalue weighted by molar-refractivity contribution is 0.0947. The Morgan fingerprint density at radius 3 is 2.80 bits per heavy atom. The molecule has 0 aromatic carbocycles. The number of rotatable bonds is 6. The van der Waals surface area contributed by atoms with E-state index in [2.05, 4.69) is 22.5 Å². The third-order valence-electron chi connectivity index (χ3n) is 3.80. The molecule has 2 N–H and O–H groups in total. The van der Waals surface area contributed by atoms with Crippen LogP contribution in [0.3, 0.4) is 0 Å². The Labute approximate surface area is 121 Å². The number of aromatic nitrogens is 1. The van der Waals surface area contributed by atoms with Crippen LogP contribution in [0.1, 0.15) is 55.1 Å². The van der Waals surface area contributed by atoms with Crippen LogP contribution < -0.4 is 10.6 Å². The van der Waals surface area contributed by atoms with E-state index in [4.69, 9.17) is 0 Å². The van der Waals surface area contributed by atoms with Crippen LogP contribution in [0.5, 0.6) is 0 Å². The molecule has 1 saturated carbocycles. The van der Waals surface area contributed by atoms with E-state index in [0.717, 1.165) is 31.0 Å². The maximum absolute atomic E-state index is 12.2. The van der Waals surface area contributed by atoms with E-state index >= 15 is 0 Å². The van der Waals surface area contributed by atoms with Gasteiger partial charge in [-0.2, -0.15) is 0 Å². The number of pyridine rings is 1. The van der Waals surface area contributed by atoms with Gasteiger partial charge in [-0.3, -0.25) is 4.79 Å². The zero-order chi connectivity index (χ0) is 14.4. The number of anilines is 1. The van der Waals surface area contributed by atoms with Crippen molar-refractivity contribution < 1.29 is 4.79 Å². The van der Waals surface area contributed by atoms with Gasteiger partial charge in [0.25, 0.3) is 5.91 Å². The van der Waals surface area contributed by atoms with E-state index < -0.39 is 0 Å². The van der Waals surface area contributed by atoms with Crippen molar-refractivity contribution in [3.8, 4) is 0 Å². The molecule has 0 unspecified atom stereocenters. The van der Waals surface area contributed by atoms with Crippen molar-refractivity contribution >= 4 is 11.7 Å². The summed E-state index contributed by atoms with van der Waals surface area (Å²) in [5.74, 6) is 1.47. The van der Waals surface area contributed by atoms with Crippen LogP contribution in [0.25, 0.3) is 0 Å². The van der Waals surface area contributed by atoms with Crippen molar-refractivity contribution in [3.63, 3.8) is 0 Å². The molecular formula is C16H25N3O. The van der Waals surface area contributed by atoms with Gasteiger partial charge in [-0.1, -0.05) is 19.8 Å². The molecule has 1 aliphatic rings. The van der Waals surface area contributed by atoms with E-state index in [0.29, 0.717) is 11.5 Å². The molecule has 1 fully saturated rings. The minimum atomic E-state index is 0.0157. The molecule has 0 atom stereocenters. The molecule has 0 radical (unpaired) electrons. The fraction of sp³-hybridized carbons (Fsp3) is 0.625. The Kier molecular flexibility index (Phi) is 5.39. The minimum Gasteiger partial charge on any atom is -0.370 e. The summed E-state index contributed by atoms with van der Waals surface area (Å²) in [5, 5.41) is 6.29. The normalized spacial score (nSPS) is 15.3. The number of nitrogens with one attached hydrogen (secondary N) is 2. The molecule has 0 spiro atoms. The SMILES string of the molecule is CCCNc1cc(C(=O)NCC2CCCC2)cc(C)n1. The molecule has 1 heterocycles. The van der Waals surface area contributed by atoms with Gasteiger partial charge in [0.15, 0.2) is 0 Å². The summed E-state index contributed by atoms with van der Waals surface area (Å²) in [6.07, 6.45) is 6.15. The second-order valence-electron chi connectivity index (χ2n) is 5.67. The summed E-state index contributed by atoms with van der Waals surface area (Å²) in [7, 11) is 0. The first-order valence-electron chi connectivity index (χ1n) is 7.69. The van der Waals surface area contributed by atoms with Gasteiger partial charge >= 0.3 is 0 Å². The van der Waals surface area contributed by atoms with Crippen LogP contribution in [0, 0.1) is 12.8 Å². The molecule has 1 aliphatic carbocycles. The summed E-state index contributed by atoms with van der Waals surface area (Å²) >= 11 is 0. The second-order valence-corrected chi connectivity index (χ2v) is 5.67. The summed E-state index contributed by atoms with van der Waals surface area (Å²) < 4.78 is 0. The van der Waals surface area contributed by atoms with Crippen molar-refractivity contribution in [1.82, 2.24) is 10.3 Å². The quantitative estimate of drug-likeness (QED) is 0.838. The highest BCUT2D eigenvalue weighted by atomic mass is 16.1. The third-order valence-corrected chi connectivity index (χ3v) is 3.80. The number of aryl methyl sites for hydroxylation is 1. The molecule has 1 aromatic heterocycles. The Morgan fingerprint density at radius 1 is 1.35 bits per heavy atom. The van der Waals surface area contributed by atoms with Crippen LogP contribution in [0.15, 0.2) is 12.1 Å². The number of carbonyl (C=O) groups excluding carboxylic acids is 1. The van der Waals surface area contributed by atoms with E-state index in [1.54, 1.807) is 0 Å². The van der Waals surface area contributed by atoms with Crippen LogP contribution >= 0.6 is 0 Å². The number of nitrogens with zero attached hydrogens (tertiary/aromatic N) is 1. The van der Waals surface area contributed by atoms with Crippen LogP contribution in [0.4, 0.5) is 5.82 Å². The first-order valence-corrected chi connectivity index (χ1v) is 7.69. The highest BCUT2D eigenvalue weighted by Gasteiger charge is 2.16. The first kappa shape index (κ1) is 14.8. The summed E-state index contributed by atoms with van der Waals surface area (Å²) in [5.41, 5.74) is 1.58. The van der Waals surface area contributed by atoms with Gasteiger partial charge < -0.3 is 10.6 Å². The lowest BCUT2D eigenvalue weighted by Crippen LogP contribution is -2.28. The van der Waals surface area contributed by atoms with Gasteiger partial charge in [0.1, 0.15) is 5.82 Å². The van der Waals surface area contributed by atoms with Crippen LogP contribution in [0.2, 0.25) is 0 Å². The standard InChI is InChI=1S/C16H25N3O/c1-3-8-17-15-10-14(9-12(2)19-15)16(20)18-11-13-6-4-5-7-13/h9-10,13H,3-8,11H2,1-2H3,(H,17,19)(H,18,20). The predicted molar refractivity (Wildman–Crippen MR) is 82.0 cm³/mol. The number of amides is 1. The van der Waals surface area contributed by atoms with Crippen molar-refractivity contribution in [2.75, 3.05) is 18.4 Å². The van der Waals surface area contributed by atoms with E-state index in [1.165, 1.54) is 25.7 Å². The van der Waals surface area contributed by atoms with E-state index in [1.807, 2.05) is 19.1 Å². The topological polar surface area (TPSA) is 54.0 Å². The number of hydrogen-bond donors (Lipinski definition) is 2. The second kappa shape index (κ2) is 7.27. The van der Waals surface area contributed by atoms with Gasteiger partial charge in [0, 0.05) is 24.3 Å². The Balaban J connectivity index is 1.95. The molecule has 4 nitrogen and oxygen atoms in total. The Morgan fingerprint density at radius 2 is 2.10 bits per heavy atom. The molecule has 4 heteroatoms. The van der Waals surface area contributed by atoms with Crippen molar-refractivity contribution in [2.45, 2.75) is 46.0 Å². The predicted octanol–water partition coefficient (Wildman–Crippen LogP) is 3.13. The molecule has 2 rings (SSSR count). The maximum atomic E-state index is 12.2. The molecule has 0 aliphatic heterocycles. The molecule has 20 heavy (non-hydrogen) atoms. The molecule has 0 bridgehead atoms. The van der Waals surface area contributed by atoms with Crippen LogP contribution in [-0.2, 0) is 0 Å². The Hall–Kier alpha value is -1.58. The van der Waals surface area contributed by atoms with Gasteiger partial charge in [-0.05, 0) is 44.2 Å². The minimum absolute atomic E-state index is 0.0157.